The van der Waals surface area contributed by atoms with Crippen LogP contribution in [0.15, 0.2) is 66.7 Å². The van der Waals surface area contributed by atoms with Crippen molar-refractivity contribution in [2.75, 3.05) is 12.3 Å². The van der Waals surface area contributed by atoms with Gasteiger partial charge in [0.05, 0.1) is 19.1 Å². The number of para-hydroxylation sites is 1. The van der Waals surface area contributed by atoms with Crippen LogP contribution in [0.4, 0.5) is 5.69 Å². The Hall–Kier alpha value is -3.35. The highest BCUT2D eigenvalue weighted by Crippen LogP contribution is 2.27. The van der Waals surface area contributed by atoms with Crippen LogP contribution in [0.3, 0.4) is 0 Å². The van der Waals surface area contributed by atoms with Crippen molar-refractivity contribution in [3.63, 3.8) is 0 Å². The predicted octanol–water partition coefficient (Wildman–Crippen LogP) is 3.13. The maximum Gasteiger partial charge on any atom is 0.307 e. The molecule has 0 radical (unpaired) electrons. The minimum atomic E-state index is -0.909. The Balaban J connectivity index is 1.83. The van der Waals surface area contributed by atoms with E-state index in [0.29, 0.717) is 17.0 Å². The van der Waals surface area contributed by atoms with Gasteiger partial charge in [-0.15, -0.1) is 0 Å². The van der Waals surface area contributed by atoms with Gasteiger partial charge in [0.1, 0.15) is 12.4 Å². The average molecular weight is 392 g/mol. The molecule has 0 fully saturated rings. The molecule has 6 heteroatoms. The number of aliphatic carboxylic acids is 1. The van der Waals surface area contributed by atoms with Crippen LogP contribution >= 0.6 is 0 Å². The number of carbonyl (C=O) groups is 1. The van der Waals surface area contributed by atoms with Crippen LogP contribution in [-0.4, -0.2) is 22.8 Å². The second-order valence-electron chi connectivity index (χ2n) is 6.84. The molecule has 150 valence electrons. The standard InChI is InChI=1S/C23H24N2O4/c24-20-9-15(14-29-22-7-2-1-4-18(22)12-23(27)28)8-19(11-20)16-5-3-6-17(10-16)21(25)13-26/h1-11,21,26H,12-14,24-25H2,(H,27,28). The van der Waals surface area contributed by atoms with Gasteiger partial charge in [-0.3, -0.25) is 4.79 Å². The molecule has 6 N–H and O–H groups in total. The highest BCUT2D eigenvalue weighted by molar-refractivity contribution is 5.71. The number of carboxylic acid groups (broad SMARTS) is 1. The molecule has 0 heterocycles. The quantitative estimate of drug-likeness (QED) is 0.437. The van der Waals surface area contributed by atoms with Crippen molar-refractivity contribution < 1.29 is 19.7 Å². The summed E-state index contributed by atoms with van der Waals surface area (Å²) in [5.74, 6) is -0.372. The Morgan fingerprint density at radius 1 is 1.00 bits per heavy atom. The Morgan fingerprint density at radius 2 is 1.79 bits per heavy atom. The zero-order valence-electron chi connectivity index (χ0n) is 15.9. The molecule has 0 aliphatic rings. The van der Waals surface area contributed by atoms with E-state index >= 15 is 0 Å². The zero-order valence-corrected chi connectivity index (χ0v) is 15.9. The fraction of sp³-hybridized carbons (Fsp3) is 0.174. The first-order valence-electron chi connectivity index (χ1n) is 9.25. The number of benzene rings is 3. The van der Waals surface area contributed by atoms with Gasteiger partial charge in [0.2, 0.25) is 0 Å². The van der Waals surface area contributed by atoms with Gasteiger partial charge in [-0.1, -0.05) is 36.4 Å². The lowest BCUT2D eigenvalue weighted by atomic mass is 9.98. The summed E-state index contributed by atoms with van der Waals surface area (Å²) in [5.41, 5.74) is 16.8. The van der Waals surface area contributed by atoms with Gasteiger partial charge < -0.3 is 26.4 Å². The first-order valence-corrected chi connectivity index (χ1v) is 9.25. The van der Waals surface area contributed by atoms with Gasteiger partial charge in [0.15, 0.2) is 0 Å². The molecule has 0 aliphatic carbocycles. The van der Waals surface area contributed by atoms with E-state index in [-0.39, 0.29) is 19.6 Å². The van der Waals surface area contributed by atoms with Crippen LogP contribution in [0.5, 0.6) is 5.75 Å². The number of aliphatic hydroxyl groups is 1. The van der Waals surface area contributed by atoms with Crippen molar-refractivity contribution in [1.82, 2.24) is 0 Å². The van der Waals surface area contributed by atoms with E-state index in [1.54, 1.807) is 24.3 Å². The summed E-state index contributed by atoms with van der Waals surface area (Å²) >= 11 is 0. The predicted molar refractivity (Wildman–Crippen MR) is 112 cm³/mol. The van der Waals surface area contributed by atoms with E-state index in [0.717, 1.165) is 22.3 Å². The van der Waals surface area contributed by atoms with Crippen LogP contribution in [-0.2, 0) is 17.8 Å². The third kappa shape index (κ3) is 5.34. The van der Waals surface area contributed by atoms with E-state index in [4.69, 9.17) is 21.3 Å². The maximum absolute atomic E-state index is 11.0. The molecular weight excluding hydrogens is 368 g/mol. The normalized spacial score (nSPS) is 11.8. The molecule has 3 rings (SSSR count). The van der Waals surface area contributed by atoms with Gasteiger partial charge in [-0.25, -0.2) is 0 Å². The number of aliphatic hydroxyl groups excluding tert-OH is 1. The van der Waals surface area contributed by atoms with Gasteiger partial charge in [0.25, 0.3) is 0 Å². The second kappa shape index (κ2) is 9.23. The van der Waals surface area contributed by atoms with E-state index in [2.05, 4.69) is 0 Å². The molecule has 0 aliphatic heterocycles. The third-order valence-electron chi connectivity index (χ3n) is 4.57. The van der Waals surface area contributed by atoms with Crippen molar-refractivity contribution in [2.24, 2.45) is 5.73 Å². The second-order valence-corrected chi connectivity index (χ2v) is 6.84. The van der Waals surface area contributed by atoms with Gasteiger partial charge >= 0.3 is 5.97 Å². The van der Waals surface area contributed by atoms with E-state index in [9.17, 15) is 9.90 Å². The molecule has 0 saturated heterocycles. The Morgan fingerprint density at radius 3 is 2.55 bits per heavy atom. The zero-order chi connectivity index (χ0) is 20.8. The highest BCUT2D eigenvalue weighted by atomic mass is 16.5. The number of carboxylic acids is 1. The van der Waals surface area contributed by atoms with Crippen LogP contribution in [0, 0.1) is 0 Å². The van der Waals surface area contributed by atoms with Gasteiger partial charge in [-0.05, 0) is 52.6 Å². The average Bonchev–Trinajstić information content (AvgIpc) is 2.72. The maximum atomic E-state index is 11.0. The number of rotatable bonds is 8. The number of nitrogens with two attached hydrogens (primary N) is 2. The number of nitrogen functional groups attached to an aromatic ring is 1. The molecule has 0 aromatic heterocycles. The molecular formula is C23H24N2O4. The van der Waals surface area contributed by atoms with Crippen LogP contribution in [0.25, 0.3) is 11.1 Å². The summed E-state index contributed by atoms with van der Waals surface area (Å²) in [4.78, 5) is 11.0. The van der Waals surface area contributed by atoms with Crippen LogP contribution < -0.4 is 16.2 Å². The smallest absolute Gasteiger partial charge is 0.307 e. The molecule has 0 spiro atoms. The summed E-state index contributed by atoms with van der Waals surface area (Å²) in [6.45, 7) is 0.125. The summed E-state index contributed by atoms with van der Waals surface area (Å²) in [6, 6.07) is 20.0. The SMILES string of the molecule is Nc1cc(COc2ccccc2CC(=O)O)cc(-c2cccc(C(N)CO)c2)c1. The lowest BCUT2D eigenvalue weighted by Gasteiger charge is -2.13. The summed E-state index contributed by atoms with van der Waals surface area (Å²) < 4.78 is 5.88. The summed E-state index contributed by atoms with van der Waals surface area (Å²) in [5, 5.41) is 18.4. The largest absolute Gasteiger partial charge is 0.489 e. The number of anilines is 1. The van der Waals surface area contributed by atoms with Crippen molar-refractivity contribution in [1.29, 1.82) is 0 Å². The monoisotopic (exact) mass is 392 g/mol. The lowest BCUT2D eigenvalue weighted by molar-refractivity contribution is -0.136. The van der Waals surface area contributed by atoms with Crippen LogP contribution in [0.2, 0.25) is 0 Å². The van der Waals surface area contributed by atoms with Crippen molar-refractivity contribution in [3.8, 4) is 16.9 Å². The Bertz CT molecular complexity index is 1000. The molecule has 1 atom stereocenters. The molecule has 0 saturated carbocycles. The van der Waals surface area contributed by atoms with Crippen molar-refractivity contribution >= 4 is 11.7 Å². The topological polar surface area (TPSA) is 119 Å². The minimum Gasteiger partial charge on any atom is -0.489 e. The van der Waals surface area contributed by atoms with Gasteiger partial charge in [0, 0.05) is 11.3 Å². The Kier molecular flexibility index (Phi) is 6.49. The number of hydrogen-bond acceptors (Lipinski definition) is 5. The molecule has 29 heavy (non-hydrogen) atoms. The van der Waals surface area contributed by atoms with Gasteiger partial charge in [-0.2, -0.15) is 0 Å². The van der Waals surface area contributed by atoms with Crippen molar-refractivity contribution in [3.05, 3.63) is 83.4 Å². The van der Waals surface area contributed by atoms with E-state index in [1.165, 1.54) is 0 Å². The molecule has 6 nitrogen and oxygen atoms in total. The molecule has 0 amide bonds. The lowest BCUT2D eigenvalue weighted by Crippen LogP contribution is -2.14. The molecule has 3 aromatic carbocycles. The van der Waals surface area contributed by atoms with Crippen LogP contribution in [0.1, 0.15) is 22.7 Å². The third-order valence-corrected chi connectivity index (χ3v) is 4.57. The Labute approximate surface area is 169 Å². The van der Waals surface area contributed by atoms with Crippen molar-refractivity contribution in [2.45, 2.75) is 19.1 Å². The first-order chi connectivity index (χ1) is 14.0. The summed E-state index contributed by atoms with van der Waals surface area (Å²) in [6.07, 6.45) is -0.101. The molecule has 1 unspecified atom stereocenters. The fourth-order valence-corrected chi connectivity index (χ4v) is 3.14. The van der Waals surface area contributed by atoms with E-state index < -0.39 is 12.0 Å². The first kappa shape index (κ1) is 20.4. The highest BCUT2D eigenvalue weighted by Gasteiger charge is 2.10. The number of ether oxygens (including phenoxy) is 1. The number of hydrogen-bond donors (Lipinski definition) is 4. The minimum absolute atomic E-state index is 0.101. The molecule has 3 aromatic rings. The fourth-order valence-electron chi connectivity index (χ4n) is 3.14. The summed E-state index contributed by atoms with van der Waals surface area (Å²) in [7, 11) is 0. The van der Waals surface area contributed by atoms with E-state index in [1.807, 2.05) is 42.5 Å². The molecule has 0 bridgehead atoms.